The number of fused-ring (bicyclic) bond motifs is 1. The summed E-state index contributed by atoms with van der Waals surface area (Å²) in [5.74, 6) is 1.51. The summed E-state index contributed by atoms with van der Waals surface area (Å²) >= 11 is 0. The van der Waals surface area contributed by atoms with Crippen LogP contribution in [-0.2, 0) is 0 Å². The number of rotatable bonds is 3. The minimum atomic E-state index is 0.571. The molecule has 0 radical (unpaired) electrons. The lowest BCUT2D eigenvalue weighted by atomic mass is 10.0. The normalized spacial score (nSPS) is 19.1. The molecule has 0 spiro atoms. The molecule has 3 nitrogen and oxygen atoms in total. The van der Waals surface area contributed by atoms with Crippen molar-refractivity contribution >= 4 is 5.69 Å². The first-order chi connectivity index (χ1) is 7.26. The molecule has 1 unspecified atom stereocenters. The average molecular weight is 206 g/mol. The lowest BCUT2D eigenvalue weighted by molar-refractivity contribution is 0.414. The molecule has 0 aromatic heterocycles. The maximum atomic E-state index is 5.60. The van der Waals surface area contributed by atoms with E-state index in [0.29, 0.717) is 12.5 Å². The Kier molecular flexibility index (Phi) is 2.82. The molecular weight excluding hydrogens is 188 g/mol. The van der Waals surface area contributed by atoms with Gasteiger partial charge >= 0.3 is 0 Å². The van der Waals surface area contributed by atoms with Gasteiger partial charge in [-0.05, 0) is 23.8 Å². The van der Waals surface area contributed by atoms with E-state index in [4.69, 9.17) is 10.5 Å². The molecular formula is C12H18N2O. The topological polar surface area (TPSA) is 38.5 Å². The second kappa shape index (κ2) is 4.11. The lowest BCUT2D eigenvalue weighted by Crippen LogP contribution is -2.27. The third-order valence-electron chi connectivity index (χ3n) is 3.00. The highest BCUT2D eigenvalue weighted by Crippen LogP contribution is 2.37. The Morgan fingerprint density at radius 2 is 2.33 bits per heavy atom. The number of nitrogens with zero attached hydrogens (tertiary/aromatic N) is 1. The van der Waals surface area contributed by atoms with E-state index in [1.165, 1.54) is 11.3 Å². The van der Waals surface area contributed by atoms with Crippen LogP contribution >= 0.6 is 0 Å². The molecule has 1 aliphatic heterocycles. The van der Waals surface area contributed by atoms with Crippen LogP contribution < -0.4 is 15.4 Å². The molecule has 15 heavy (non-hydrogen) atoms. The number of anilines is 1. The van der Waals surface area contributed by atoms with E-state index in [0.717, 1.165) is 18.8 Å². The van der Waals surface area contributed by atoms with Gasteiger partial charge in [-0.1, -0.05) is 6.92 Å². The SMILES string of the molecule is COc1ccc2c(c1)C(C)CN2CCN. The fraction of sp³-hybridized carbons (Fsp3) is 0.500. The highest BCUT2D eigenvalue weighted by atomic mass is 16.5. The predicted octanol–water partition coefficient (Wildman–Crippen LogP) is 1.58. The number of benzene rings is 1. The van der Waals surface area contributed by atoms with E-state index in [1.807, 2.05) is 6.07 Å². The van der Waals surface area contributed by atoms with Gasteiger partial charge in [0.05, 0.1) is 7.11 Å². The predicted molar refractivity (Wildman–Crippen MR) is 62.7 cm³/mol. The second-order valence-corrected chi connectivity index (χ2v) is 4.06. The van der Waals surface area contributed by atoms with Gasteiger partial charge in [0, 0.05) is 31.2 Å². The quantitative estimate of drug-likeness (QED) is 0.816. The molecule has 2 N–H and O–H groups in total. The number of hydrogen-bond donors (Lipinski definition) is 1. The molecule has 0 amide bonds. The first-order valence-electron chi connectivity index (χ1n) is 5.39. The van der Waals surface area contributed by atoms with Gasteiger partial charge in [-0.3, -0.25) is 0 Å². The molecule has 82 valence electrons. The zero-order valence-electron chi connectivity index (χ0n) is 9.36. The molecule has 1 aromatic rings. The molecule has 1 heterocycles. The van der Waals surface area contributed by atoms with Crippen molar-refractivity contribution in [2.24, 2.45) is 5.73 Å². The van der Waals surface area contributed by atoms with Crippen LogP contribution in [0.4, 0.5) is 5.69 Å². The molecule has 1 aromatic carbocycles. The Hall–Kier alpha value is -1.22. The van der Waals surface area contributed by atoms with Gasteiger partial charge in [0.15, 0.2) is 0 Å². The van der Waals surface area contributed by atoms with Crippen molar-refractivity contribution in [1.29, 1.82) is 0 Å². The van der Waals surface area contributed by atoms with Crippen LogP contribution in [0.3, 0.4) is 0 Å². The van der Waals surface area contributed by atoms with Crippen LogP contribution in [0.15, 0.2) is 18.2 Å². The van der Waals surface area contributed by atoms with Gasteiger partial charge in [-0.2, -0.15) is 0 Å². The van der Waals surface area contributed by atoms with Crippen molar-refractivity contribution in [3.05, 3.63) is 23.8 Å². The summed E-state index contributed by atoms with van der Waals surface area (Å²) < 4.78 is 5.24. The monoisotopic (exact) mass is 206 g/mol. The van der Waals surface area contributed by atoms with Crippen LogP contribution in [0.2, 0.25) is 0 Å². The van der Waals surface area contributed by atoms with Crippen molar-refractivity contribution in [3.63, 3.8) is 0 Å². The van der Waals surface area contributed by atoms with Crippen molar-refractivity contribution in [1.82, 2.24) is 0 Å². The molecule has 0 aliphatic carbocycles. The summed E-state index contributed by atoms with van der Waals surface area (Å²) in [5.41, 5.74) is 8.29. The van der Waals surface area contributed by atoms with E-state index in [2.05, 4.69) is 24.0 Å². The summed E-state index contributed by atoms with van der Waals surface area (Å²) in [6.45, 7) is 4.95. The zero-order valence-corrected chi connectivity index (χ0v) is 9.36. The zero-order chi connectivity index (χ0) is 10.8. The van der Waals surface area contributed by atoms with Gasteiger partial charge < -0.3 is 15.4 Å². The largest absolute Gasteiger partial charge is 0.497 e. The fourth-order valence-electron chi connectivity index (χ4n) is 2.24. The Morgan fingerprint density at radius 3 is 3.00 bits per heavy atom. The molecule has 0 bridgehead atoms. The lowest BCUT2D eigenvalue weighted by Gasteiger charge is -2.18. The first kappa shape index (κ1) is 10.3. The van der Waals surface area contributed by atoms with E-state index < -0.39 is 0 Å². The third-order valence-corrected chi connectivity index (χ3v) is 3.00. The first-order valence-corrected chi connectivity index (χ1v) is 5.39. The average Bonchev–Trinajstić information content (AvgIpc) is 2.56. The minimum Gasteiger partial charge on any atom is -0.497 e. The molecule has 0 saturated carbocycles. The Morgan fingerprint density at radius 1 is 1.53 bits per heavy atom. The molecule has 0 saturated heterocycles. The number of methoxy groups -OCH3 is 1. The maximum absolute atomic E-state index is 5.60. The summed E-state index contributed by atoms with van der Waals surface area (Å²) in [4.78, 5) is 2.35. The van der Waals surface area contributed by atoms with Crippen molar-refractivity contribution < 1.29 is 4.74 Å². The second-order valence-electron chi connectivity index (χ2n) is 4.06. The molecule has 0 fully saturated rings. The molecule has 1 atom stereocenters. The van der Waals surface area contributed by atoms with Crippen LogP contribution in [0.5, 0.6) is 5.75 Å². The van der Waals surface area contributed by atoms with Gasteiger partial charge in [-0.15, -0.1) is 0 Å². The summed E-state index contributed by atoms with van der Waals surface area (Å²) in [7, 11) is 1.71. The summed E-state index contributed by atoms with van der Waals surface area (Å²) in [6, 6.07) is 6.28. The standard InChI is InChI=1S/C12H18N2O/c1-9-8-14(6-5-13)12-4-3-10(15-2)7-11(9)12/h3-4,7,9H,5-6,8,13H2,1-2H3. The van der Waals surface area contributed by atoms with Gasteiger partial charge in [0.2, 0.25) is 0 Å². The van der Waals surface area contributed by atoms with Crippen molar-refractivity contribution in [3.8, 4) is 5.75 Å². The van der Waals surface area contributed by atoms with Crippen molar-refractivity contribution in [2.45, 2.75) is 12.8 Å². The fourth-order valence-corrected chi connectivity index (χ4v) is 2.24. The van der Waals surface area contributed by atoms with Gasteiger partial charge in [0.1, 0.15) is 5.75 Å². The highest BCUT2D eigenvalue weighted by Gasteiger charge is 2.24. The smallest absolute Gasteiger partial charge is 0.119 e. The number of hydrogen-bond acceptors (Lipinski definition) is 3. The van der Waals surface area contributed by atoms with E-state index >= 15 is 0 Å². The van der Waals surface area contributed by atoms with E-state index in [-0.39, 0.29) is 0 Å². The number of ether oxygens (including phenoxy) is 1. The van der Waals surface area contributed by atoms with E-state index in [1.54, 1.807) is 7.11 Å². The van der Waals surface area contributed by atoms with Crippen LogP contribution in [0.1, 0.15) is 18.4 Å². The maximum Gasteiger partial charge on any atom is 0.119 e. The third kappa shape index (κ3) is 1.79. The van der Waals surface area contributed by atoms with E-state index in [9.17, 15) is 0 Å². The van der Waals surface area contributed by atoms with Crippen molar-refractivity contribution in [2.75, 3.05) is 31.6 Å². The van der Waals surface area contributed by atoms with Gasteiger partial charge in [-0.25, -0.2) is 0 Å². The Labute approximate surface area is 90.8 Å². The highest BCUT2D eigenvalue weighted by molar-refractivity contribution is 5.62. The summed E-state index contributed by atoms with van der Waals surface area (Å²) in [6.07, 6.45) is 0. The number of nitrogens with two attached hydrogens (primary N) is 1. The molecule has 2 rings (SSSR count). The Balaban J connectivity index is 2.32. The minimum absolute atomic E-state index is 0.571. The van der Waals surface area contributed by atoms with Gasteiger partial charge in [0.25, 0.3) is 0 Å². The molecule has 3 heteroatoms. The van der Waals surface area contributed by atoms with Crippen LogP contribution in [0.25, 0.3) is 0 Å². The Bertz CT molecular complexity index is 351. The van der Waals surface area contributed by atoms with Crippen LogP contribution in [0, 0.1) is 0 Å². The summed E-state index contributed by atoms with van der Waals surface area (Å²) in [5, 5.41) is 0. The molecule has 1 aliphatic rings. The van der Waals surface area contributed by atoms with Crippen LogP contribution in [-0.4, -0.2) is 26.7 Å².